The molecule has 0 saturated heterocycles. The van der Waals surface area contributed by atoms with Gasteiger partial charge in [-0.05, 0) is 43.2 Å². The van der Waals surface area contributed by atoms with Crippen LogP contribution in [0, 0.1) is 11.3 Å². The Morgan fingerprint density at radius 1 is 1.41 bits per heavy atom. The van der Waals surface area contributed by atoms with Crippen molar-refractivity contribution in [2.75, 3.05) is 0 Å². The lowest BCUT2D eigenvalue weighted by Crippen LogP contribution is -2.45. The lowest BCUT2D eigenvalue weighted by Gasteiger charge is -2.23. The van der Waals surface area contributed by atoms with E-state index in [2.05, 4.69) is 29.4 Å². The third-order valence-electron chi connectivity index (χ3n) is 4.69. The number of carbonyl (C=O) groups is 1. The van der Waals surface area contributed by atoms with E-state index in [0.717, 1.165) is 36.8 Å². The summed E-state index contributed by atoms with van der Waals surface area (Å²) in [5.74, 6) is 0.0922. The maximum absolute atomic E-state index is 12.3. The molecule has 1 fully saturated rings. The average Bonchev–Trinajstić information content (AvgIpc) is 3.14. The van der Waals surface area contributed by atoms with Crippen molar-refractivity contribution in [3.8, 4) is 6.07 Å². The number of aromatic amines is 1. The Labute approximate surface area is 130 Å². The highest BCUT2D eigenvalue weighted by molar-refractivity contribution is 5.85. The number of amides is 1. The molecule has 0 aliphatic heterocycles. The van der Waals surface area contributed by atoms with Gasteiger partial charge in [-0.15, -0.1) is 0 Å². The van der Waals surface area contributed by atoms with Gasteiger partial charge in [0, 0.05) is 23.5 Å². The van der Waals surface area contributed by atoms with Crippen molar-refractivity contribution in [2.24, 2.45) is 0 Å². The van der Waals surface area contributed by atoms with Crippen LogP contribution in [0.2, 0.25) is 0 Å². The molecule has 3 rings (SSSR count). The molecule has 1 aromatic carbocycles. The third kappa shape index (κ3) is 2.71. The Bertz CT molecular complexity index is 719. The number of aromatic nitrogens is 1. The van der Waals surface area contributed by atoms with Gasteiger partial charge < -0.3 is 10.3 Å². The van der Waals surface area contributed by atoms with Crippen LogP contribution in [0.3, 0.4) is 0 Å². The molecule has 1 saturated carbocycles. The summed E-state index contributed by atoms with van der Waals surface area (Å²) in [4.78, 5) is 15.6. The van der Waals surface area contributed by atoms with Crippen LogP contribution in [0.25, 0.3) is 10.9 Å². The standard InChI is InChI=1S/C18H21N3O/c1-13(15-11-20-16-7-3-2-6-14(15)16)10-17(22)21-18(12-19)8-4-5-9-18/h2-3,6-7,11,13,20H,4-5,8-10H2,1H3,(H,21,22). The van der Waals surface area contributed by atoms with E-state index >= 15 is 0 Å². The van der Waals surface area contributed by atoms with Gasteiger partial charge in [0.05, 0.1) is 6.07 Å². The number of nitrogens with zero attached hydrogens (tertiary/aromatic N) is 1. The molecular formula is C18H21N3O. The first-order chi connectivity index (χ1) is 10.6. The van der Waals surface area contributed by atoms with Crippen LogP contribution in [-0.4, -0.2) is 16.4 Å². The number of hydrogen-bond donors (Lipinski definition) is 2. The van der Waals surface area contributed by atoms with Crippen LogP contribution in [-0.2, 0) is 4.79 Å². The molecule has 0 radical (unpaired) electrons. The maximum atomic E-state index is 12.3. The number of rotatable bonds is 4. The van der Waals surface area contributed by atoms with Crippen LogP contribution in [0.5, 0.6) is 0 Å². The van der Waals surface area contributed by atoms with Crippen LogP contribution in [0.15, 0.2) is 30.5 Å². The quantitative estimate of drug-likeness (QED) is 0.904. The normalized spacial score (nSPS) is 18.0. The second-order valence-electron chi connectivity index (χ2n) is 6.34. The zero-order chi connectivity index (χ0) is 15.6. The first kappa shape index (κ1) is 14.6. The summed E-state index contributed by atoms with van der Waals surface area (Å²) in [6, 6.07) is 10.4. The average molecular weight is 295 g/mol. The molecule has 1 aliphatic carbocycles. The van der Waals surface area contributed by atoms with Gasteiger partial charge in [-0.25, -0.2) is 0 Å². The highest BCUT2D eigenvalue weighted by atomic mass is 16.1. The number of para-hydroxylation sites is 1. The van der Waals surface area contributed by atoms with E-state index in [1.165, 1.54) is 5.39 Å². The number of hydrogen-bond acceptors (Lipinski definition) is 2. The Morgan fingerprint density at radius 2 is 2.14 bits per heavy atom. The van der Waals surface area contributed by atoms with Gasteiger partial charge in [0.1, 0.15) is 5.54 Å². The maximum Gasteiger partial charge on any atom is 0.221 e. The van der Waals surface area contributed by atoms with Gasteiger partial charge in [-0.2, -0.15) is 5.26 Å². The number of nitriles is 1. The van der Waals surface area contributed by atoms with Gasteiger partial charge in [0.25, 0.3) is 0 Å². The molecule has 114 valence electrons. The molecule has 2 N–H and O–H groups in total. The first-order valence-corrected chi connectivity index (χ1v) is 7.92. The topological polar surface area (TPSA) is 68.7 Å². The van der Waals surface area contributed by atoms with Crippen LogP contribution < -0.4 is 5.32 Å². The van der Waals surface area contributed by atoms with Crippen molar-refractivity contribution in [1.82, 2.24) is 10.3 Å². The molecule has 1 heterocycles. The summed E-state index contributed by atoms with van der Waals surface area (Å²) in [6.07, 6.45) is 5.98. The van der Waals surface area contributed by atoms with E-state index < -0.39 is 5.54 Å². The summed E-state index contributed by atoms with van der Waals surface area (Å²) in [6.45, 7) is 2.06. The zero-order valence-corrected chi connectivity index (χ0v) is 12.9. The Balaban J connectivity index is 1.70. The van der Waals surface area contributed by atoms with Crippen molar-refractivity contribution in [3.05, 3.63) is 36.0 Å². The van der Waals surface area contributed by atoms with Crippen molar-refractivity contribution < 1.29 is 4.79 Å². The summed E-state index contributed by atoms with van der Waals surface area (Å²) in [7, 11) is 0. The Morgan fingerprint density at radius 3 is 2.86 bits per heavy atom. The number of nitrogens with one attached hydrogen (secondary N) is 2. The molecule has 0 bridgehead atoms. The largest absolute Gasteiger partial charge is 0.361 e. The smallest absolute Gasteiger partial charge is 0.221 e. The molecule has 1 aliphatic rings. The van der Waals surface area contributed by atoms with Crippen LogP contribution in [0.1, 0.15) is 50.5 Å². The predicted octanol–water partition coefficient (Wildman–Crippen LogP) is 3.61. The number of fused-ring (bicyclic) bond motifs is 1. The molecule has 0 spiro atoms. The molecule has 4 nitrogen and oxygen atoms in total. The lowest BCUT2D eigenvalue weighted by molar-refractivity contribution is -0.122. The number of H-pyrrole nitrogens is 1. The second-order valence-corrected chi connectivity index (χ2v) is 6.34. The Kier molecular flexibility index (Phi) is 3.89. The molecule has 1 atom stereocenters. The number of benzene rings is 1. The molecule has 2 aromatic rings. The highest BCUT2D eigenvalue weighted by Crippen LogP contribution is 2.31. The van der Waals surface area contributed by atoms with Gasteiger partial charge in [-0.3, -0.25) is 4.79 Å². The monoisotopic (exact) mass is 295 g/mol. The van der Waals surface area contributed by atoms with Gasteiger partial charge in [0.15, 0.2) is 0 Å². The molecule has 1 aromatic heterocycles. The van der Waals surface area contributed by atoms with Crippen molar-refractivity contribution in [2.45, 2.75) is 50.5 Å². The minimum Gasteiger partial charge on any atom is -0.361 e. The van der Waals surface area contributed by atoms with E-state index in [4.69, 9.17) is 0 Å². The SMILES string of the molecule is CC(CC(=O)NC1(C#N)CCCC1)c1c[nH]c2ccccc12. The molecule has 4 heteroatoms. The summed E-state index contributed by atoms with van der Waals surface area (Å²) >= 11 is 0. The van der Waals surface area contributed by atoms with Crippen LogP contribution >= 0.6 is 0 Å². The molecule has 22 heavy (non-hydrogen) atoms. The minimum atomic E-state index is -0.628. The molecule has 1 unspecified atom stereocenters. The fourth-order valence-corrected chi connectivity index (χ4v) is 3.45. The fourth-order valence-electron chi connectivity index (χ4n) is 3.45. The lowest BCUT2D eigenvalue weighted by atomic mass is 9.95. The van der Waals surface area contributed by atoms with Crippen molar-refractivity contribution in [3.63, 3.8) is 0 Å². The molecule has 1 amide bonds. The zero-order valence-electron chi connectivity index (χ0n) is 12.9. The minimum absolute atomic E-state index is 0.0266. The predicted molar refractivity (Wildman–Crippen MR) is 86.3 cm³/mol. The van der Waals surface area contributed by atoms with Gasteiger partial charge in [0.2, 0.25) is 5.91 Å². The first-order valence-electron chi connectivity index (χ1n) is 7.92. The van der Waals surface area contributed by atoms with Crippen LogP contribution in [0.4, 0.5) is 0 Å². The van der Waals surface area contributed by atoms with E-state index in [9.17, 15) is 10.1 Å². The Hall–Kier alpha value is -2.28. The summed E-state index contributed by atoms with van der Waals surface area (Å²) < 4.78 is 0. The fraction of sp³-hybridized carbons (Fsp3) is 0.444. The number of carbonyl (C=O) groups excluding carboxylic acids is 1. The van der Waals surface area contributed by atoms with E-state index in [0.29, 0.717) is 6.42 Å². The van der Waals surface area contributed by atoms with Gasteiger partial charge >= 0.3 is 0 Å². The van der Waals surface area contributed by atoms with Gasteiger partial charge in [-0.1, -0.05) is 25.1 Å². The second kappa shape index (κ2) is 5.84. The molecular weight excluding hydrogens is 274 g/mol. The third-order valence-corrected chi connectivity index (χ3v) is 4.69. The van der Waals surface area contributed by atoms with E-state index in [-0.39, 0.29) is 11.8 Å². The summed E-state index contributed by atoms with van der Waals surface area (Å²) in [5.41, 5.74) is 1.62. The van der Waals surface area contributed by atoms with Crippen molar-refractivity contribution >= 4 is 16.8 Å². The van der Waals surface area contributed by atoms with E-state index in [1.807, 2.05) is 24.4 Å². The highest BCUT2D eigenvalue weighted by Gasteiger charge is 2.35. The summed E-state index contributed by atoms with van der Waals surface area (Å²) in [5, 5.41) is 13.5. The van der Waals surface area contributed by atoms with Crippen molar-refractivity contribution in [1.29, 1.82) is 5.26 Å². The van der Waals surface area contributed by atoms with E-state index in [1.54, 1.807) is 0 Å².